The summed E-state index contributed by atoms with van der Waals surface area (Å²) in [6, 6.07) is 6.84. The molecule has 2 amide bonds. The van der Waals surface area contributed by atoms with Crippen LogP contribution in [0.5, 0.6) is 0 Å². The van der Waals surface area contributed by atoms with Gasteiger partial charge in [0.2, 0.25) is 21.8 Å². The van der Waals surface area contributed by atoms with Crippen LogP contribution in [0.2, 0.25) is 0 Å². The van der Waals surface area contributed by atoms with Crippen LogP contribution in [0.25, 0.3) is 0 Å². The van der Waals surface area contributed by atoms with Crippen molar-refractivity contribution >= 4 is 21.8 Å². The Morgan fingerprint density at radius 3 is 2.50 bits per heavy atom. The maximum atomic E-state index is 13.3. The minimum Gasteiger partial charge on any atom is -0.346 e. The van der Waals surface area contributed by atoms with Crippen LogP contribution in [0.4, 0.5) is 0 Å². The second-order valence-corrected chi connectivity index (χ2v) is 11.0. The fraction of sp³-hybridized carbons (Fsp3) is 0.458. The third-order valence-corrected chi connectivity index (χ3v) is 8.21. The molecular weight excluding hydrogens is 454 g/mol. The average molecular weight is 486 g/mol. The zero-order valence-electron chi connectivity index (χ0n) is 19.9. The van der Waals surface area contributed by atoms with Gasteiger partial charge in [-0.3, -0.25) is 14.5 Å². The van der Waals surface area contributed by atoms with Gasteiger partial charge in [-0.2, -0.15) is 9.57 Å². The molecule has 2 N–H and O–H groups in total. The molecule has 34 heavy (non-hydrogen) atoms. The van der Waals surface area contributed by atoms with Crippen molar-refractivity contribution in [1.29, 1.82) is 5.26 Å². The molecule has 1 aromatic carbocycles. The Balaban J connectivity index is 1.67. The number of allylic oxidation sites excluding steroid dienone is 2. The van der Waals surface area contributed by atoms with Gasteiger partial charge in [-0.05, 0) is 39.0 Å². The molecule has 0 saturated carbocycles. The van der Waals surface area contributed by atoms with Crippen LogP contribution in [0.1, 0.15) is 33.3 Å². The fourth-order valence-electron chi connectivity index (χ4n) is 4.72. The van der Waals surface area contributed by atoms with Gasteiger partial charge in [0, 0.05) is 32.1 Å². The molecule has 2 aliphatic rings. The molecule has 1 aliphatic heterocycles. The summed E-state index contributed by atoms with van der Waals surface area (Å²) in [6.07, 6.45) is 7.32. The largest absolute Gasteiger partial charge is 0.346 e. The Bertz CT molecular complexity index is 1140. The van der Waals surface area contributed by atoms with E-state index in [4.69, 9.17) is 5.26 Å². The third kappa shape index (κ3) is 5.55. The number of nitrogens with one attached hydrogen (secondary N) is 2. The van der Waals surface area contributed by atoms with Crippen molar-refractivity contribution in [1.82, 2.24) is 19.8 Å². The minimum absolute atomic E-state index is 0.0887. The van der Waals surface area contributed by atoms with Gasteiger partial charge in [-0.15, -0.1) is 0 Å². The van der Waals surface area contributed by atoms with Crippen LogP contribution in [0, 0.1) is 11.3 Å². The van der Waals surface area contributed by atoms with E-state index in [2.05, 4.69) is 10.6 Å². The molecule has 1 aliphatic carbocycles. The second kappa shape index (κ2) is 10.1. The topological polar surface area (TPSA) is 123 Å². The Labute approximate surface area is 201 Å². The number of carbonyl (C=O) groups excluding carboxylic acids is 2. The molecule has 0 bridgehead atoms. The van der Waals surface area contributed by atoms with E-state index in [1.165, 1.54) is 23.4 Å². The van der Waals surface area contributed by atoms with Crippen molar-refractivity contribution in [2.45, 2.75) is 56.3 Å². The number of sulfonamides is 1. The molecule has 1 saturated heterocycles. The molecule has 4 unspecified atom stereocenters. The van der Waals surface area contributed by atoms with E-state index in [0.29, 0.717) is 13.1 Å². The van der Waals surface area contributed by atoms with Gasteiger partial charge >= 0.3 is 0 Å². The van der Waals surface area contributed by atoms with E-state index in [1.54, 1.807) is 12.1 Å². The summed E-state index contributed by atoms with van der Waals surface area (Å²) in [7, 11) is -3.80. The molecule has 9 nitrogen and oxygen atoms in total. The number of hydrogen-bond acceptors (Lipinski definition) is 6. The van der Waals surface area contributed by atoms with Crippen molar-refractivity contribution < 1.29 is 18.0 Å². The molecule has 182 valence electrons. The summed E-state index contributed by atoms with van der Waals surface area (Å²) < 4.78 is 28.1. The van der Waals surface area contributed by atoms with Crippen LogP contribution in [0.3, 0.4) is 0 Å². The first-order valence-electron chi connectivity index (χ1n) is 11.2. The van der Waals surface area contributed by atoms with Gasteiger partial charge in [0.15, 0.2) is 0 Å². The van der Waals surface area contributed by atoms with Crippen molar-refractivity contribution in [2.24, 2.45) is 0 Å². The quantitative estimate of drug-likeness (QED) is 0.623. The van der Waals surface area contributed by atoms with E-state index < -0.39 is 21.6 Å². The highest BCUT2D eigenvalue weighted by Gasteiger charge is 2.39. The molecule has 1 heterocycles. The summed E-state index contributed by atoms with van der Waals surface area (Å²) >= 11 is 0. The molecule has 0 spiro atoms. The molecule has 0 aromatic heterocycles. The minimum atomic E-state index is -3.80. The number of rotatable bonds is 6. The number of nitrogens with zero attached hydrogens (tertiary/aromatic N) is 3. The highest BCUT2D eigenvalue weighted by molar-refractivity contribution is 7.89. The van der Waals surface area contributed by atoms with E-state index in [-0.39, 0.29) is 40.9 Å². The first-order chi connectivity index (χ1) is 16.0. The van der Waals surface area contributed by atoms with Crippen LogP contribution in [-0.4, -0.2) is 72.7 Å². The molecule has 1 aromatic rings. The van der Waals surface area contributed by atoms with Crippen LogP contribution in [-0.2, 0) is 19.6 Å². The lowest BCUT2D eigenvalue weighted by Gasteiger charge is -2.43. The predicted molar refractivity (Wildman–Crippen MR) is 128 cm³/mol. The molecule has 4 atom stereocenters. The highest BCUT2D eigenvalue weighted by Crippen LogP contribution is 2.26. The zero-order chi connectivity index (χ0) is 25.1. The van der Waals surface area contributed by atoms with E-state index >= 15 is 0 Å². The van der Waals surface area contributed by atoms with Gasteiger partial charge in [-0.25, -0.2) is 8.42 Å². The van der Waals surface area contributed by atoms with E-state index in [0.717, 1.165) is 0 Å². The number of hydrogen-bond donors (Lipinski definition) is 2. The summed E-state index contributed by atoms with van der Waals surface area (Å²) in [4.78, 5) is 26.5. The van der Waals surface area contributed by atoms with Crippen LogP contribution in [0.15, 0.2) is 53.5 Å². The van der Waals surface area contributed by atoms with E-state index in [1.807, 2.05) is 56.0 Å². The van der Waals surface area contributed by atoms with Gasteiger partial charge in [0.1, 0.15) is 0 Å². The molecule has 1 fully saturated rings. The highest BCUT2D eigenvalue weighted by atomic mass is 32.2. The Kier molecular flexibility index (Phi) is 7.60. The number of amides is 2. The maximum Gasteiger partial charge on any atom is 0.243 e. The third-order valence-electron chi connectivity index (χ3n) is 6.08. The average Bonchev–Trinajstić information content (AvgIpc) is 2.74. The standard InChI is InChI=1S/C24H31N5O4S/c1-17-14-28(16-23(31)26-22-10-5-6-11-24(22,4)27-19(3)30)15-18(2)29(17)34(32,33)21-9-7-8-20(12-21)13-25/h5-12,17-18,22H,14-16H2,1-4H3,(H,26,31)(H,27,30). The molecule has 0 radical (unpaired) electrons. The number of carbonyl (C=O) groups is 2. The first kappa shape index (κ1) is 25.6. The Hall–Kier alpha value is -3.00. The number of nitriles is 1. The maximum absolute atomic E-state index is 13.3. The zero-order valence-corrected chi connectivity index (χ0v) is 20.7. The van der Waals surface area contributed by atoms with E-state index in [9.17, 15) is 18.0 Å². The fourth-order valence-corrected chi connectivity index (χ4v) is 6.57. The molecule has 3 rings (SSSR count). The van der Waals surface area contributed by atoms with Gasteiger partial charge in [-0.1, -0.05) is 30.4 Å². The molecule has 10 heteroatoms. The Morgan fingerprint density at radius 2 is 1.88 bits per heavy atom. The summed E-state index contributed by atoms with van der Waals surface area (Å²) in [5.74, 6) is -0.402. The second-order valence-electron chi connectivity index (χ2n) is 9.12. The van der Waals surface area contributed by atoms with Crippen LogP contribution >= 0.6 is 0 Å². The van der Waals surface area contributed by atoms with Crippen molar-refractivity contribution in [3.05, 3.63) is 54.1 Å². The van der Waals surface area contributed by atoms with Gasteiger partial charge in [0.25, 0.3) is 0 Å². The number of piperazine rings is 1. The van der Waals surface area contributed by atoms with Gasteiger partial charge < -0.3 is 10.6 Å². The normalized spacial score (nSPS) is 27.7. The molecular formula is C24H31N5O4S. The lowest BCUT2D eigenvalue weighted by Crippen LogP contribution is -2.62. The number of benzene rings is 1. The van der Waals surface area contributed by atoms with Crippen molar-refractivity contribution in [2.75, 3.05) is 19.6 Å². The summed E-state index contributed by atoms with van der Waals surface area (Å²) in [5.41, 5.74) is -0.448. The smallest absolute Gasteiger partial charge is 0.243 e. The van der Waals surface area contributed by atoms with Crippen LogP contribution < -0.4 is 10.6 Å². The van der Waals surface area contributed by atoms with Gasteiger partial charge in [0.05, 0.1) is 34.7 Å². The SMILES string of the molecule is CC(=O)NC1(C)C=CC=CC1NC(=O)CN1CC(C)N(S(=O)(=O)c2cccc(C#N)c2)C(C)C1. The summed E-state index contributed by atoms with van der Waals surface area (Å²) in [6.45, 7) is 7.79. The Morgan fingerprint density at radius 1 is 1.21 bits per heavy atom. The van der Waals surface area contributed by atoms with Crippen molar-refractivity contribution in [3.63, 3.8) is 0 Å². The summed E-state index contributed by atoms with van der Waals surface area (Å²) in [5, 5.41) is 15.0. The lowest BCUT2D eigenvalue weighted by molar-refractivity contribution is -0.125. The first-order valence-corrected chi connectivity index (χ1v) is 12.6. The predicted octanol–water partition coefficient (Wildman–Crippen LogP) is 1.15. The lowest BCUT2D eigenvalue weighted by atomic mass is 9.88. The monoisotopic (exact) mass is 485 g/mol. The van der Waals surface area contributed by atoms with Crippen molar-refractivity contribution in [3.8, 4) is 6.07 Å².